The Hall–Kier alpha value is -0.610. The van der Waals surface area contributed by atoms with Crippen LogP contribution in [0.2, 0.25) is 0 Å². The topological polar surface area (TPSA) is 35.6 Å². The zero-order chi connectivity index (χ0) is 13.7. The molecule has 0 bridgehead atoms. The molecule has 2 heterocycles. The van der Waals surface area contributed by atoms with Gasteiger partial charge in [-0.2, -0.15) is 0 Å². The molecule has 0 aliphatic carbocycles. The highest BCUT2D eigenvalue weighted by atomic mass is 16.2. The summed E-state index contributed by atoms with van der Waals surface area (Å²) in [5.74, 6) is 1.82. The van der Waals surface area contributed by atoms with Crippen LogP contribution in [0.4, 0.5) is 0 Å². The monoisotopic (exact) mass is 267 g/mol. The minimum absolute atomic E-state index is 0.346. The molecule has 110 valence electrons. The summed E-state index contributed by atoms with van der Waals surface area (Å²) in [4.78, 5) is 16.7. The standard InChI is InChI=1S/C15H29N3O/c1-13-4-3-7-18(11-13)15(19)12-17-8-5-14(6-9-17)10-16-2/h13-14,16H,3-12H2,1-2H3. The number of carbonyl (C=O) groups is 1. The van der Waals surface area contributed by atoms with E-state index in [1.165, 1.54) is 25.7 Å². The van der Waals surface area contributed by atoms with E-state index in [0.29, 0.717) is 18.4 Å². The summed E-state index contributed by atoms with van der Waals surface area (Å²) in [5, 5.41) is 3.26. The van der Waals surface area contributed by atoms with E-state index >= 15 is 0 Å². The lowest BCUT2D eigenvalue weighted by Crippen LogP contribution is -2.47. The second-order valence-corrected chi connectivity index (χ2v) is 6.36. The minimum Gasteiger partial charge on any atom is -0.341 e. The lowest BCUT2D eigenvalue weighted by molar-refractivity contribution is -0.134. The Bertz CT molecular complexity index is 287. The number of hydrogen-bond acceptors (Lipinski definition) is 3. The summed E-state index contributed by atoms with van der Waals surface area (Å²) in [6.45, 7) is 8.12. The van der Waals surface area contributed by atoms with Crippen LogP contribution in [-0.4, -0.2) is 62.0 Å². The van der Waals surface area contributed by atoms with Crippen molar-refractivity contribution in [1.82, 2.24) is 15.1 Å². The summed E-state index contributed by atoms with van der Waals surface area (Å²) >= 11 is 0. The van der Waals surface area contributed by atoms with Gasteiger partial charge in [0, 0.05) is 13.1 Å². The molecule has 0 saturated carbocycles. The molecule has 1 N–H and O–H groups in total. The Balaban J connectivity index is 1.71. The van der Waals surface area contributed by atoms with Crippen molar-refractivity contribution in [3.8, 4) is 0 Å². The molecule has 1 amide bonds. The number of rotatable bonds is 4. The normalized spacial score (nSPS) is 26.6. The molecule has 1 atom stereocenters. The van der Waals surface area contributed by atoms with E-state index in [4.69, 9.17) is 0 Å². The maximum Gasteiger partial charge on any atom is 0.236 e. The van der Waals surface area contributed by atoms with Gasteiger partial charge in [0.15, 0.2) is 0 Å². The van der Waals surface area contributed by atoms with E-state index < -0.39 is 0 Å². The van der Waals surface area contributed by atoms with Gasteiger partial charge in [-0.15, -0.1) is 0 Å². The van der Waals surface area contributed by atoms with Gasteiger partial charge in [-0.05, 0) is 64.2 Å². The van der Waals surface area contributed by atoms with E-state index in [9.17, 15) is 4.79 Å². The van der Waals surface area contributed by atoms with Gasteiger partial charge in [0.1, 0.15) is 0 Å². The highest BCUT2D eigenvalue weighted by molar-refractivity contribution is 5.78. The van der Waals surface area contributed by atoms with Crippen molar-refractivity contribution in [1.29, 1.82) is 0 Å². The van der Waals surface area contributed by atoms with Gasteiger partial charge in [0.25, 0.3) is 0 Å². The maximum atomic E-state index is 12.3. The number of hydrogen-bond donors (Lipinski definition) is 1. The van der Waals surface area contributed by atoms with Gasteiger partial charge in [-0.25, -0.2) is 0 Å². The third kappa shape index (κ3) is 4.46. The van der Waals surface area contributed by atoms with Gasteiger partial charge in [0.2, 0.25) is 5.91 Å². The third-order valence-corrected chi connectivity index (χ3v) is 4.57. The number of carbonyl (C=O) groups excluding carboxylic acids is 1. The Kier molecular flexibility index (Phi) is 5.64. The zero-order valence-electron chi connectivity index (χ0n) is 12.5. The molecule has 0 radical (unpaired) electrons. The fourth-order valence-corrected chi connectivity index (χ4v) is 3.34. The lowest BCUT2D eigenvalue weighted by atomic mass is 9.96. The number of likely N-dealkylation sites (tertiary alicyclic amines) is 2. The second-order valence-electron chi connectivity index (χ2n) is 6.36. The number of piperidine rings is 2. The Morgan fingerprint density at radius 3 is 2.58 bits per heavy atom. The molecule has 0 aromatic carbocycles. The first kappa shape index (κ1) is 14.8. The summed E-state index contributed by atoms with van der Waals surface area (Å²) in [7, 11) is 2.02. The highest BCUT2D eigenvalue weighted by Crippen LogP contribution is 2.18. The molecule has 2 aliphatic heterocycles. The quantitative estimate of drug-likeness (QED) is 0.831. The van der Waals surface area contributed by atoms with Crippen LogP contribution in [0, 0.1) is 11.8 Å². The van der Waals surface area contributed by atoms with E-state index in [-0.39, 0.29) is 0 Å². The van der Waals surface area contributed by atoms with E-state index in [0.717, 1.165) is 38.6 Å². The average Bonchev–Trinajstić information content (AvgIpc) is 2.41. The number of amides is 1. The fraction of sp³-hybridized carbons (Fsp3) is 0.933. The predicted molar refractivity (Wildman–Crippen MR) is 78.1 cm³/mol. The van der Waals surface area contributed by atoms with Crippen LogP contribution >= 0.6 is 0 Å². The summed E-state index contributed by atoms with van der Waals surface area (Å²) in [5.41, 5.74) is 0. The number of nitrogens with one attached hydrogen (secondary N) is 1. The second kappa shape index (κ2) is 7.25. The molecule has 0 aromatic rings. The van der Waals surface area contributed by atoms with Crippen LogP contribution in [0.1, 0.15) is 32.6 Å². The molecule has 2 aliphatic rings. The highest BCUT2D eigenvalue weighted by Gasteiger charge is 2.25. The Labute approximate surface area is 117 Å². The van der Waals surface area contributed by atoms with E-state index in [2.05, 4.69) is 22.0 Å². The molecule has 2 saturated heterocycles. The zero-order valence-corrected chi connectivity index (χ0v) is 12.5. The smallest absolute Gasteiger partial charge is 0.236 e. The largest absolute Gasteiger partial charge is 0.341 e. The Morgan fingerprint density at radius 1 is 1.21 bits per heavy atom. The number of nitrogens with zero attached hydrogens (tertiary/aromatic N) is 2. The molecule has 0 spiro atoms. The van der Waals surface area contributed by atoms with Crippen molar-refractivity contribution in [2.24, 2.45) is 11.8 Å². The molecule has 1 unspecified atom stereocenters. The minimum atomic E-state index is 0.346. The van der Waals surface area contributed by atoms with Crippen LogP contribution in [0.3, 0.4) is 0 Å². The van der Waals surface area contributed by atoms with Crippen molar-refractivity contribution < 1.29 is 4.79 Å². The van der Waals surface area contributed by atoms with Crippen molar-refractivity contribution in [2.75, 3.05) is 46.3 Å². The van der Waals surface area contributed by atoms with Gasteiger partial charge in [0.05, 0.1) is 6.54 Å². The van der Waals surface area contributed by atoms with Crippen molar-refractivity contribution in [2.45, 2.75) is 32.6 Å². The summed E-state index contributed by atoms with van der Waals surface area (Å²) in [6.07, 6.45) is 4.91. The van der Waals surface area contributed by atoms with Crippen molar-refractivity contribution in [3.63, 3.8) is 0 Å². The molecule has 2 rings (SSSR count). The maximum absolute atomic E-state index is 12.3. The SMILES string of the molecule is CNCC1CCN(CC(=O)N2CCCC(C)C2)CC1. The average molecular weight is 267 g/mol. The first-order valence-corrected chi connectivity index (χ1v) is 7.83. The van der Waals surface area contributed by atoms with Crippen LogP contribution in [0.15, 0.2) is 0 Å². The molecule has 19 heavy (non-hydrogen) atoms. The molecular weight excluding hydrogens is 238 g/mol. The van der Waals surface area contributed by atoms with Crippen LogP contribution in [0.25, 0.3) is 0 Å². The van der Waals surface area contributed by atoms with Crippen molar-refractivity contribution in [3.05, 3.63) is 0 Å². The fourth-order valence-electron chi connectivity index (χ4n) is 3.34. The van der Waals surface area contributed by atoms with E-state index in [1.54, 1.807) is 0 Å². The van der Waals surface area contributed by atoms with Gasteiger partial charge < -0.3 is 10.2 Å². The van der Waals surface area contributed by atoms with Gasteiger partial charge >= 0.3 is 0 Å². The van der Waals surface area contributed by atoms with E-state index in [1.807, 2.05) is 7.05 Å². The van der Waals surface area contributed by atoms with Gasteiger partial charge in [-0.1, -0.05) is 6.92 Å². The Morgan fingerprint density at radius 2 is 1.95 bits per heavy atom. The molecular formula is C15H29N3O. The van der Waals surface area contributed by atoms with Crippen LogP contribution in [0.5, 0.6) is 0 Å². The first-order valence-electron chi connectivity index (χ1n) is 7.83. The van der Waals surface area contributed by atoms with Crippen LogP contribution in [-0.2, 0) is 4.79 Å². The van der Waals surface area contributed by atoms with Crippen LogP contribution < -0.4 is 5.32 Å². The molecule has 4 heteroatoms. The predicted octanol–water partition coefficient (Wildman–Crippen LogP) is 1.18. The lowest BCUT2D eigenvalue weighted by Gasteiger charge is -2.35. The summed E-state index contributed by atoms with van der Waals surface area (Å²) < 4.78 is 0. The molecule has 4 nitrogen and oxygen atoms in total. The first-order chi connectivity index (χ1) is 9.19. The molecule has 2 fully saturated rings. The summed E-state index contributed by atoms with van der Waals surface area (Å²) in [6, 6.07) is 0. The van der Waals surface area contributed by atoms with Crippen molar-refractivity contribution >= 4 is 5.91 Å². The third-order valence-electron chi connectivity index (χ3n) is 4.57. The molecule has 0 aromatic heterocycles. The van der Waals surface area contributed by atoms with Gasteiger partial charge in [-0.3, -0.25) is 9.69 Å².